The highest BCUT2D eigenvalue weighted by Crippen LogP contribution is 2.13. The van der Waals surface area contributed by atoms with E-state index in [-0.39, 0.29) is 5.91 Å². The van der Waals surface area contributed by atoms with Gasteiger partial charge < -0.3 is 4.90 Å². The van der Waals surface area contributed by atoms with Gasteiger partial charge in [0.2, 0.25) is 0 Å². The number of hydrogen-bond donors (Lipinski definition) is 0. The van der Waals surface area contributed by atoms with Gasteiger partial charge in [0, 0.05) is 31.0 Å². The van der Waals surface area contributed by atoms with Crippen molar-refractivity contribution in [1.29, 1.82) is 0 Å². The van der Waals surface area contributed by atoms with E-state index in [4.69, 9.17) is 0 Å². The summed E-state index contributed by atoms with van der Waals surface area (Å²) in [5.74, 6) is 1.34. The summed E-state index contributed by atoms with van der Waals surface area (Å²) in [6.45, 7) is 10.4. The lowest BCUT2D eigenvalue weighted by Gasteiger charge is -2.24. The first-order valence-electron chi connectivity index (χ1n) is 8.20. The maximum absolute atomic E-state index is 12.8. The van der Waals surface area contributed by atoms with E-state index in [1.54, 1.807) is 10.7 Å². The first kappa shape index (κ1) is 16.5. The molecule has 0 spiro atoms. The second-order valence-electron chi connectivity index (χ2n) is 6.77. The minimum Gasteiger partial charge on any atom is -0.339 e. The maximum atomic E-state index is 12.8. The van der Waals surface area contributed by atoms with Gasteiger partial charge in [-0.3, -0.25) is 4.79 Å². The number of nitrogens with zero attached hydrogens (tertiary/aromatic N) is 3. The van der Waals surface area contributed by atoms with E-state index < -0.39 is 0 Å². The largest absolute Gasteiger partial charge is 0.339 e. The smallest absolute Gasteiger partial charge is 0.253 e. The van der Waals surface area contributed by atoms with Gasteiger partial charge in [0.1, 0.15) is 0 Å². The van der Waals surface area contributed by atoms with Crippen LogP contribution in [0.5, 0.6) is 0 Å². The third-order valence-electron chi connectivity index (χ3n) is 3.89. The Morgan fingerprint density at radius 2 is 1.77 bits per heavy atom. The lowest BCUT2D eigenvalue weighted by Crippen LogP contribution is -2.34. The summed E-state index contributed by atoms with van der Waals surface area (Å²) >= 11 is 0. The summed E-state index contributed by atoms with van der Waals surface area (Å²) in [6, 6.07) is 5.70. The lowest BCUT2D eigenvalue weighted by molar-refractivity contribution is 0.0741. The summed E-state index contributed by atoms with van der Waals surface area (Å²) in [6.07, 6.45) is 5.68. The van der Waals surface area contributed by atoms with E-state index in [0.717, 1.165) is 37.0 Å². The molecular formula is C18H27N3O. The number of fused-ring (bicyclic) bond motifs is 1. The van der Waals surface area contributed by atoms with Gasteiger partial charge in [-0.25, -0.2) is 4.52 Å². The van der Waals surface area contributed by atoms with Crippen LogP contribution in [0.25, 0.3) is 5.52 Å². The summed E-state index contributed by atoms with van der Waals surface area (Å²) < 4.78 is 1.78. The second kappa shape index (κ2) is 7.43. The minimum atomic E-state index is 0.130. The Balaban J connectivity index is 2.14. The predicted molar refractivity (Wildman–Crippen MR) is 90.0 cm³/mol. The van der Waals surface area contributed by atoms with Gasteiger partial charge in [-0.2, -0.15) is 5.10 Å². The van der Waals surface area contributed by atoms with Crippen molar-refractivity contribution in [2.75, 3.05) is 13.1 Å². The lowest BCUT2D eigenvalue weighted by atomic mass is 10.1. The Labute approximate surface area is 133 Å². The highest BCUT2D eigenvalue weighted by atomic mass is 16.2. The number of carbonyl (C=O) groups is 1. The van der Waals surface area contributed by atoms with Gasteiger partial charge in [-0.15, -0.1) is 0 Å². The van der Waals surface area contributed by atoms with E-state index in [1.165, 1.54) is 0 Å². The van der Waals surface area contributed by atoms with Crippen molar-refractivity contribution < 1.29 is 4.79 Å². The van der Waals surface area contributed by atoms with E-state index in [9.17, 15) is 4.79 Å². The maximum Gasteiger partial charge on any atom is 0.253 e. The molecule has 0 saturated heterocycles. The Morgan fingerprint density at radius 3 is 2.36 bits per heavy atom. The van der Waals surface area contributed by atoms with Crippen molar-refractivity contribution in [2.45, 2.75) is 40.5 Å². The fourth-order valence-corrected chi connectivity index (χ4v) is 2.38. The van der Waals surface area contributed by atoms with Crippen LogP contribution in [0.1, 0.15) is 50.9 Å². The summed E-state index contributed by atoms with van der Waals surface area (Å²) in [5, 5.41) is 4.17. The molecule has 4 nitrogen and oxygen atoms in total. The predicted octanol–water partition coefficient (Wildman–Crippen LogP) is 3.87. The van der Waals surface area contributed by atoms with Crippen molar-refractivity contribution in [3.8, 4) is 0 Å². The molecule has 0 bridgehead atoms. The van der Waals surface area contributed by atoms with Gasteiger partial charge in [0.15, 0.2) is 0 Å². The monoisotopic (exact) mass is 301 g/mol. The quantitative estimate of drug-likeness (QED) is 0.778. The third kappa shape index (κ3) is 4.33. The molecule has 2 heterocycles. The van der Waals surface area contributed by atoms with Crippen molar-refractivity contribution >= 4 is 11.4 Å². The fourth-order valence-electron chi connectivity index (χ4n) is 2.38. The zero-order chi connectivity index (χ0) is 16.1. The van der Waals surface area contributed by atoms with Crippen LogP contribution >= 0.6 is 0 Å². The van der Waals surface area contributed by atoms with E-state index in [0.29, 0.717) is 11.8 Å². The van der Waals surface area contributed by atoms with Crippen molar-refractivity contribution in [3.63, 3.8) is 0 Å². The van der Waals surface area contributed by atoms with Crippen LogP contribution in [0, 0.1) is 11.8 Å². The molecule has 1 amide bonds. The molecule has 0 aliphatic carbocycles. The van der Waals surface area contributed by atoms with Crippen LogP contribution in [0.3, 0.4) is 0 Å². The zero-order valence-corrected chi connectivity index (χ0v) is 14.1. The first-order chi connectivity index (χ1) is 10.5. The molecule has 120 valence electrons. The average molecular weight is 301 g/mol. The molecule has 22 heavy (non-hydrogen) atoms. The summed E-state index contributed by atoms with van der Waals surface area (Å²) in [7, 11) is 0. The first-order valence-corrected chi connectivity index (χ1v) is 8.20. The number of hydrogen-bond acceptors (Lipinski definition) is 2. The van der Waals surface area contributed by atoms with Crippen LogP contribution in [0.15, 0.2) is 30.6 Å². The number of amides is 1. The third-order valence-corrected chi connectivity index (χ3v) is 3.89. The van der Waals surface area contributed by atoms with Crippen LogP contribution < -0.4 is 0 Å². The van der Waals surface area contributed by atoms with Crippen LogP contribution in [0.4, 0.5) is 0 Å². The molecule has 0 radical (unpaired) electrons. The molecule has 2 rings (SSSR count). The molecule has 2 aromatic heterocycles. The van der Waals surface area contributed by atoms with Crippen LogP contribution in [0.2, 0.25) is 0 Å². The van der Waals surface area contributed by atoms with Gasteiger partial charge in [-0.05, 0) is 42.9 Å². The summed E-state index contributed by atoms with van der Waals surface area (Å²) in [5.41, 5.74) is 1.71. The van der Waals surface area contributed by atoms with Gasteiger partial charge in [0.05, 0.1) is 5.52 Å². The molecule has 0 atom stereocenters. The normalized spacial score (nSPS) is 11.5. The van der Waals surface area contributed by atoms with Gasteiger partial charge >= 0.3 is 0 Å². The van der Waals surface area contributed by atoms with Crippen molar-refractivity contribution in [2.24, 2.45) is 11.8 Å². The molecule has 0 unspecified atom stereocenters. The fraction of sp³-hybridized carbons (Fsp3) is 0.556. The minimum absolute atomic E-state index is 0.130. The van der Waals surface area contributed by atoms with E-state index in [2.05, 4.69) is 32.8 Å². The molecular weight excluding hydrogens is 274 g/mol. The van der Waals surface area contributed by atoms with E-state index in [1.807, 2.05) is 29.3 Å². The SMILES string of the molecule is CC(C)CCN(CCC(C)C)C(=O)c1ccn2nccc2c1. The number of carbonyl (C=O) groups excluding carboxylic acids is 1. The topological polar surface area (TPSA) is 37.6 Å². The Morgan fingerprint density at radius 1 is 1.14 bits per heavy atom. The Bertz CT molecular complexity index is 604. The Kier molecular flexibility index (Phi) is 5.58. The highest BCUT2D eigenvalue weighted by Gasteiger charge is 2.17. The van der Waals surface area contributed by atoms with Gasteiger partial charge in [-0.1, -0.05) is 27.7 Å². The van der Waals surface area contributed by atoms with Crippen LogP contribution in [-0.4, -0.2) is 33.5 Å². The van der Waals surface area contributed by atoms with Crippen molar-refractivity contribution in [1.82, 2.24) is 14.5 Å². The molecule has 0 aliphatic heterocycles. The molecule has 4 heteroatoms. The second-order valence-corrected chi connectivity index (χ2v) is 6.77. The summed E-state index contributed by atoms with van der Waals surface area (Å²) in [4.78, 5) is 14.8. The molecule has 0 fully saturated rings. The van der Waals surface area contributed by atoms with Crippen LogP contribution in [-0.2, 0) is 0 Å². The van der Waals surface area contributed by atoms with Gasteiger partial charge in [0.25, 0.3) is 5.91 Å². The zero-order valence-electron chi connectivity index (χ0n) is 14.1. The Hall–Kier alpha value is -1.84. The molecule has 0 aromatic carbocycles. The molecule has 0 N–H and O–H groups in total. The molecule has 2 aromatic rings. The average Bonchev–Trinajstić information content (AvgIpc) is 2.93. The number of aromatic nitrogens is 2. The highest BCUT2D eigenvalue weighted by molar-refractivity contribution is 5.95. The number of rotatable bonds is 7. The molecule has 0 aliphatic rings. The standard InChI is InChI=1S/C18H27N3O/c1-14(2)6-10-20(11-7-15(3)4)18(22)16-8-12-21-17(13-16)5-9-19-21/h5,8-9,12-15H,6-7,10-11H2,1-4H3. The molecule has 0 saturated carbocycles. The van der Waals surface area contributed by atoms with E-state index >= 15 is 0 Å². The number of pyridine rings is 1. The van der Waals surface area contributed by atoms with Crippen molar-refractivity contribution in [3.05, 3.63) is 36.2 Å².